The average molecular weight is 322 g/mol. The molecule has 0 N–H and O–H groups in total. The highest BCUT2D eigenvalue weighted by Gasteiger charge is 2.20. The third-order valence-corrected chi connectivity index (χ3v) is 4.62. The van der Waals surface area contributed by atoms with Crippen molar-refractivity contribution in [1.82, 2.24) is 0 Å². The zero-order valence-corrected chi connectivity index (χ0v) is 12.2. The van der Waals surface area contributed by atoms with Crippen LogP contribution in [0.4, 0.5) is 4.39 Å². The van der Waals surface area contributed by atoms with Crippen LogP contribution in [0.25, 0.3) is 6.08 Å². The molecule has 0 aromatic heterocycles. The van der Waals surface area contributed by atoms with Gasteiger partial charge in [0.25, 0.3) is 0 Å². The molecule has 0 fully saturated rings. The van der Waals surface area contributed by atoms with Gasteiger partial charge in [-0.3, -0.25) is 0 Å². The Kier molecular flexibility index (Phi) is 4.41. The Morgan fingerprint density at radius 1 is 1.10 bits per heavy atom. The van der Waals surface area contributed by atoms with Crippen molar-refractivity contribution in [3.05, 3.63) is 69.8 Å². The molecule has 106 valence electrons. The standard InChI is InChI=1S/C15H9ClFNO2S/c16-12-3-1-11(2-4-12)9-15(10-18)21(19,20)14-7-5-13(17)6-8-14/h1-9H. The molecule has 0 spiro atoms. The van der Waals surface area contributed by atoms with Crippen molar-refractivity contribution in [2.45, 2.75) is 4.90 Å². The molecule has 0 saturated carbocycles. The Morgan fingerprint density at radius 3 is 2.19 bits per heavy atom. The summed E-state index contributed by atoms with van der Waals surface area (Å²) in [5, 5.41) is 9.60. The van der Waals surface area contributed by atoms with Gasteiger partial charge in [-0.25, -0.2) is 12.8 Å². The minimum absolute atomic E-state index is 0.134. The van der Waals surface area contributed by atoms with E-state index in [4.69, 9.17) is 16.9 Å². The molecule has 0 radical (unpaired) electrons. The predicted molar refractivity (Wildman–Crippen MR) is 78.6 cm³/mol. The van der Waals surface area contributed by atoms with Crippen molar-refractivity contribution >= 4 is 27.5 Å². The molecule has 21 heavy (non-hydrogen) atoms. The largest absolute Gasteiger partial charge is 0.218 e. The Morgan fingerprint density at radius 2 is 1.67 bits per heavy atom. The highest BCUT2D eigenvalue weighted by molar-refractivity contribution is 7.95. The summed E-state index contributed by atoms with van der Waals surface area (Å²) in [5.41, 5.74) is 0.529. The lowest BCUT2D eigenvalue weighted by molar-refractivity contribution is 0.601. The summed E-state index contributed by atoms with van der Waals surface area (Å²) < 4.78 is 37.5. The molecular formula is C15H9ClFNO2S. The van der Waals surface area contributed by atoms with E-state index in [1.165, 1.54) is 6.08 Å². The van der Waals surface area contributed by atoms with E-state index in [-0.39, 0.29) is 4.90 Å². The molecule has 0 atom stereocenters. The van der Waals surface area contributed by atoms with Gasteiger partial charge in [0.15, 0.2) is 0 Å². The van der Waals surface area contributed by atoms with E-state index in [2.05, 4.69) is 0 Å². The first-order valence-corrected chi connectivity index (χ1v) is 7.67. The van der Waals surface area contributed by atoms with Crippen molar-refractivity contribution < 1.29 is 12.8 Å². The third kappa shape index (κ3) is 3.48. The van der Waals surface area contributed by atoms with Crippen molar-refractivity contribution in [1.29, 1.82) is 5.26 Å². The molecule has 0 aliphatic carbocycles. The van der Waals surface area contributed by atoms with E-state index in [0.29, 0.717) is 10.6 Å². The van der Waals surface area contributed by atoms with Crippen LogP contribution in [0.2, 0.25) is 5.02 Å². The van der Waals surface area contributed by atoms with Crippen LogP contribution >= 0.6 is 11.6 Å². The molecule has 0 amide bonds. The van der Waals surface area contributed by atoms with Crippen LogP contribution in [0.3, 0.4) is 0 Å². The van der Waals surface area contributed by atoms with E-state index in [9.17, 15) is 12.8 Å². The summed E-state index contributed by atoms with van der Waals surface area (Å²) in [6, 6.07) is 12.3. The monoisotopic (exact) mass is 321 g/mol. The van der Waals surface area contributed by atoms with E-state index in [1.807, 2.05) is 0 Å². The number of nitrogens with zero attached hydrogens (tertiary/aromatic N) is 1. The van der Waals surface area contributed by atoms with Gasteiger partial charge >= 0.3 is 0 Å². The molecule has 2 rings (SSSR count). The number of benzene rings is 2. The molecule has 0 heterocycles. The summed E-state index contributed by atoms with van der Waals surface area (Å²) >= 11 is 5.74. The van der Waals surface area contributed by atoms with Crippen LogP contribution in [0.1, 0.15) is 5.56 Å². The summed E-state index contributed by atoms with van der Waals surface area (Å²) in [6.07, 6.45) is 1.25. The lowest BCUT2D eigenvalue weighted by Crippen LogP contribution is -2.03. The topological polar surface area (TPSA) is 57.9 Å². The predicted octanol–water partition coefficient (Wildman–Crippen LogP) is 3.82. The normalized spacial score (nSPS) is 12.0. The van der Waals surface area contributed by atoms with Crippen LogP contribution in [0.5, 0.6) is 0 Å². The SMILES string of the molecule is N#CC(=Cc1ccc(Cl)cc1)S(=O)(=O)c1ccc(F)cc1. The lowest BCUT2D eigenvalue weighted by atomic mass is 10.2. The van der Waals surface area contributed by atoms with Crippen LogP contribution in [-0.4, -0.2) is 8.42 Å². The summed E-state index contributed by atoms with van der Waals surface area (Å²) in [4.78, 5) is -0.554. The number of halogens is 2. The molecular weight excluding hydrogens is 313 g/mol. The van der Waals surface area contributed by atoms with Crippen molar-refractivity contribution in [2.24, 2.45) is 0 Å². The van der Waals surface area contributed by atoms with E-state index in [0.717, 1.165) is 24.3 Å². The number of rotatable bonds is 3. The number of hydrogen-bond acceptors (Lipinski definition) is 3. The molecule has 0 aliphatic heterocycles. The maximum atomic E-state index is 12.9. The smallest absolute Gasteiger partial charge is 0.216 e. The molecule has 0 aliphatic rings. The Hall–Kier alpha value is -2.16. The Bertz CT molecular complexity index is 819. The zero-order valence-electron chi connectivity index (χ0n) is 10.6. The second kappa shape index (κ2) is 6.08. The van der Waals surface area contributed by atoms with Gasteiger partial charge < -0.3 is 0 Å². The van der Waals surface area contributed by atoms with Gasteiger partial charge in [-0.05, 0) is 48.0 Å². The van der Waals surface area contributed by atoms with E-state index in [1.54, 1.807) is 30.3 Å². The Balaban J connectivity index is 2.47. The molecule has 3 nitrogen and oxygen atoms in total. The molecule has 0 unspecified atom stereocenters. The molecule has 6 heteroatoms. The summed E-state index contributed by atoms with van der Waals surface area (Å²) in [5.74, 6) is -0.547. The van der Waals surface area contributed by atoms with Gasteiger partial charge in [-0.1, -0.05) is 23.7 Å². The van der Waals surface area contributed by atoms with Crippen LogP contribution in [-0.2, 0) is 9.84 Å². The number of sulfone groups is 1. The third-order valence-electron chi connectivity index (χ3n) is 2.69. The second-order valence-corrected chi connectivity index (χ2v) is 6.48. The van der Waals surface area contributed by atoms with Gasteiger partial charge in [0.05, 0.1) is 4.90 Å². The van der Waals surface area contributed by atoms with Crippen LogP contribution in [0.15, 0.2) is 58.3 Å². The summed E-state index contributed by atoms with van der Waals surface area (Å²) in [7, 11) is -3.98. The highest BCUT2D eigenvalue weighted by atomic mass is 35.5. The van der Waals surface area contributed by atoms with Gasteiger partial charge in [-0.2, -0.15) is 5.26 Å². The maximum Gasteiger partial charge on any atom is 0.216 e. The first-order chi connectivity index (χ1) is 9.93. The van der Waals surface area contributed by atoms with Crippen LogP contribution < -0.4 is 0 Å². The molecule has 0 bridgehead atoms. The molecule has 2 aromatic carbocycles. The Labute approximate surface area is 126 Å². The van der Waals surface area contributed by atoms with Gasteiger partial charge in [0, 0.05) is 5.02 Å². The first-order valence-electron chi connectivity index (χ1n) is 5.81. The fourth-order valence-electron chi connectivity index (χ4n) is 1.62. The van der Waals surface area contributed by atoms with Gasteiger partial charge in [0.2, 0.25) is 9.84 Å². The number of nitriles is 1. The molecule has 2 aromatic rings. The zero-order chi connectivity index (χ0) is 15.5. The van der Waals surface area contributed by atoms with E-state index < -0.39 is 20.6 Å². The number of hydrogen-bond donors (Lipinski definition) is 0. The van der Waals surface area contributed by atoms with Crippen molar-refractivity contribution in [2.75, 3.05) is 0 Å². The van der Waals surface area contributed by atoms with Crippen molar-refractivity contribution in [3.63, 3.8) is 0 Å². The van der Waals surface area contributed by atoms with Crippen molar-refractivity contribution in [3.8, 4) is 6.07 Å². The fraction of sp³-hybridized carbons (Fsp3) is 0. The maximum absolute atomic E-state index is 12.9. The fourth-order valence-corrected chi connectivity index (χ4v) is 2.91. The minimum atomic E-state index is -3.98. The lowest BCUT2D eigenvalue weighted by Gasteiger charge is -2.03. The summed E-state index contributed by atoms with van der Waals surface area (Å²) in [6.45, 7) is 0. The molecule has 0 saturated heterocycles. The van der Waals surface area contributed by atoms with Gasteiger partial charge in [0.1, 0.15) is 16.8 Å². The minimum Gasteiger partial charge on any atom is -0.218 e. The quantitative estimate of drug-likeness (QED) is 0.638. The van der Waals surface area contributed by atoms with Gasteiger partial charge in [-0.15, -0.1) is 0 Å². The first kappa shape index (κ1) is 15.2. The average Bonchev–Trinajstić information content (AvgIpc) is 2.47. The number of allylic oxidation sites excluding steroid dienone is 1. The van der Waals surface area contributed by atoms with Crippen LogP contribution in [0, 0.1) is 17.1 Å². The highest BCUT2D eigenvalue weighted by Crippen LogP contribution is 2.22. The van der Waals surface area contributed by atoms with E-state index >= 15 is 0 Å². The second-order valence-electron chi connectivity index (χ2n) is 4.13.